The topological polar surface area (TPSA) is 59.6 Å². The summed E-state index contributed by atoms with van der Waals surface area (Å²) in [5.41, 5.74) is 3.58. The van der Waals surface area contributed by atoms with E-state index in [1.54, 1.807) is 7.11 Å². The van der Waals surface area contributed by atoms with Crippen LogP contribution in [0.1, 0.15) is 16.7 Å². The number of ether oxygens (including phenoxy) is 2. The van der Waals surface area contributed by atoms with Gasteiger partial charge in [-0.2, -0.15) is 0 Å². The second-order valence-corrected chi connectivity index (χ2v) is 9.34. The molecular formula is C25H23BrN2O3S. The van der Waals surface area contributed by atoms with Gasteiger partial charge in [0.1, 0.15) is 18.1 Å². The van der Waals surface area contributed by atoms with Crippen molar-refractivity contribution >= 4 is 45.4 Å². The largest absolute Gasteiger partial charge is 0.495 e. The van der Waals surface area contributed by atoms with Crippen molar-refractivity contribution in [3.05, 3.63) is 92.8 Å². The third-order valence-electron chi connectivity index (χ3n) is 4.89. The van der Waals surface area contributed by atoms with Gasteiger partial charge in [-0.25, -0.2) is 0 Å². The highest BCUT2D eigenvalue weighted by molar-refractivity contribution is 9.10. The van der Waals surface area contributed by atoms with Gasteiger partial charge in [0, 0.05) is 10.0 Å². The summed E-state index contributed by atoms with van der Waals surface area (Å²) in [4.78, 5) is 13.2. The molecule has 1 aliphatic heterocycles. The van der Waals surface area contributed by atoms with Crippen LogP contribution in [0.15, 0.2) is 76.1 Å². The second-order valence-electron chi connectivity index (χ2n) is 7.28. The van der Waals surface area contributed by atoms with Crippen molar-refractivity contribution in [1.29, 1.82) is 0 Å². The molecule has 1 atom stereocenters. The summed E-state index contributed by atoms with van der Waals surface area (Å²) < 4.78 is 12.5. The Morgan fingerprint density at radius 1 is 1.09 bits per heavy atom. The molecular weight excluding hydrogens is 488 g/mol. The molecule has 4 rings (SSSR count). The van der Waals surface area contributed by atoms with Crippen LogP contribution in [0.4, 0.5) is 5.69 Å². The molecule has 0 aliphatic carbocycles. The zero-order chi connectivity index (χ0) is 22.5. The van der Waals surface area contributed by atoms with E-state index in [0.29, 0.717) is 11.5 Å². The first-order chi connectivity index (χ1) is 15.5. The number of hydrogen-bond acceptors (Lipinski definition) is 5. The number of para-hydroxylation sites is 1. The molecule has 32 heavy (non-hydrogen) atoms. The van der Waals surface area contributed by atoms with E-state index in [1.165, 1.54) is 11.8 Å². The minimum atomic E-state index is -0.291. The molecule has 7 heteroatoms. The van der Waals surface area contributed by atoms with Gasteiger partial charge in [-0.1, -0.05) is 64.1 Å². The van der Waals surface area contributed by atoms with Crippen molar-refractivity contribution < 1.29 is 14.3 Å². The van der Waals surface area contributed by atoms with E-state index in [2.05, 4.69) is 26.6 Å². The fraction of sp³-hybridized carbons (Fsp3) is 0.160. The summed E-state index contributed by atoms with van der Waals surface area (Å²) in [5, 5.41) is 6.31. The van der Waals surface area contributed by atoms with Gasteiger partial charge in [0.05, 0.1) is 17.7 Å². The van der Waals surface area contributed by atoms with Crippen molar-refractivity contribution in [1.82, 2.24) is 5.32 Å². The van der Waals surface area contributed by atoms with Gasteiger partial charge in [0.15, 0.2) is 5.50 Å². The molecule has 5 nitrogen and oxygen atoms in total. The number of rotatable bonds is 7. The molecule has 164 valence electrons. The van der Waals surface area contributed by atoms with E-state index in [4.69, 9.17) is 9.47 Å². The van der Waals surface area contributed by atoms with Crippen LogP contribution in [0.5, 0.6) is 11.5 Å². The highest BCUT2D eigenvalue weighted by atomic mass is 79.9. The Kier molecular flexibility index (Phi) is 7.07. The smallest absolute Gasteiger partial charge is 0.260 e. The number of thioether (sulfide) groups is 1. The molecule has 1 heterocycles. The van der Waals surface area contributed by atoms with Crippen molar-refractivity contribution in [3.63, 3.8) is 0 Å². The van der Waals surface area contributed by atoms with E-state index in [9.17, 15) is 4.79 Å². The summed E-state index contributed by atoms with van der Waals surface area (Å²) in [6.45, 7) is 2.46. The third kappa shape index (κ3) is 5.47. The van der Waals surface area contributed by atoms with E-state index >= 15 is 0 Å². The fourth-order valence-corrected chi connectivity index (χ4v) is 4.49. The monoisotopic (exact) mass is 510 g/mol. The number of benzene rings is 3. The van der Waals surface area contributed by atoms with Crippen LogP contribution in [0.3, 0.4) is 0 Å². The molecule has 3 aromatic rings. The number of carbonyl (C=O) groups excluding carboxylic acids is 1. The minimum absolute atomic E-state index is 0.123. The first-order valence-corrected chi connectivity index (χ1v) is 11.8. The van der Waals surface area contributed by atoms with Gasteiger partial charge in [0.25, 0.3) is 5.91 Å². The Labute approximate surface area is 200 Å². The maximum absolute atomic E-state index is 12.6. The lowest BCUT2D eigenvalue weighted by atomic mass is 10.2. The normalized spacial score (nSPS) is 16.7. The number of carbonyl (C=O) groups is 1. The molecule has 0 bridgehead atoms. The van der Waals surface area contributed by atoms with Gasteiger partial charge in [-0.15, -0.1) is 0 Å². The predicted molar refractivity (Wildman–Crippen MR) is 134 cm³/mol. The quantitative estimate of drug-likeness (QED) is 0.385. The highest BCUT2D eigenvalue weighted by Crippen LogP contribution is 2.34. The summed E-state index contributed by atoms with van der Waals surface area (Å²) in [7, 11) is 1.63. The Hall–Kier alpha value is -2.90. The van der Waals surface area contributed by atoms with Gasteiger partial charge in [-0.3, -0.25) is 4.79 Å². The lowest BCUT2D eigenvalue weighted by Gasteiger charge is -2.16. The maximum Gasteiger partial charge on any atom is 0.260 e. The molecule has 1 amide bonds. The number of halogens is 1. The Bertz CT molecular complexity index is 1150. The number of aryl methyl sites for hydroxylation is 1. The molecule has 0 aromatic heterocycles. The van der Waals surface area contributed by atoms with E-state index in [1.807, 2.05) is 79.7 Å². The van der Waals surface area contributed by atoms with Crippen LogP contribution in [-0.2, 0) is 11.4 Å². The van der Waals surface area contributed by atoms with Gasteiger partial charge < -0.3 is 20.1 Å². The van der Waals surface area contributed by atoms with Gasteiger partial charge >= 0.3 is 0 Å². The predicted octanol–water partition coefficient (Wildman–Crippen LogP) is 5.94. The van der Waals surface area contributed by atoms with Gasteiger partial charge in [0.2, 0.25) is 0 Å². The zero-order valence-corrected chi connectivity index (χ0v) is 20.1. The number of anilines is 1. The summed E-state index contributed by atoms with van der Waals surface area (Å²) in [6.07, 6.45) is 1.87. The number of nitrogens with one attached hydrogen (secondary N) is 2. The van der Waals surface area contributed by atoms with Crippen LogP contribution >= 0.6 is 27.7 Å². The van der Waals surface area contributed by atoms with Crippen LogP contribution in [0.25, 0.3) is 6.08 Å². The van der Waals surface area contributed by atoms with Crippen LogP contribution in [0, 0.1) is 6.92 Å². The highest BCUT2D eigenvalue weighted by Gasteiger charge is 2.28. The molecule has 1 fully saturated rings. The van der Waals surface area contributed by atoms with Gasteiger partial charge in [-0.05, 0) is 54.5 Å². The second kappa shape index (κ2) is 10.1. The van der Waals surface area contributed by atoms with Crippen LogP contribution in [-0.4, -0.2) is 18.5 Å². The molecule has 1 unspecified atom stereocenters. The Balaban J connectivity index is 1.48. The number of methoxy groups -OCH3 is 1. The van der Waals surface area contributed by atoms with E-state index < -0.39 is 0 Å². The lowest BCUT2D eigenvalue weighted by Crippen LogP contribution is -2.31. The maximum atomic E-state index is 12.6. The standard InChI is InChI=1S/C25H23BrN2O3S/c1-16-7-12-22(30-2)20(13-16)27-25-28-24(29)23(32-25)14-18-5-3-4-6-21(18)31-15-17-8-10-19(26)11-9-17/h3-14,25,27H,15H2,1-2H3,(H,28,29)/b23-14-. The number of amides is 1. The van der Waals surface area contributed by atoms with Crippen molar-refractivity contribution in [2.45, 2.75) is 19.0 Å². The molecule has 1 saturated heterocycles. The summed E-state index contributed by atoms with van der Waals surface area (Å²) in [5.74, 6) is 1.34. The van der Waals surface area contributed by atoms with E-state index in [-0.39, 0.29) is 11.4 Å². The van der Waals surface area contributed by atoms with Crippen molar-refractivity contribution in [3.8, 4) is 11.5 Å². The zero-order valence-electron chi connectivity index (χ0n) is 17.7. The Morgan fingerprint density at radius 2 is 1.88 bits per heavy atom. The SMILES string of the molecule is COc1ccc(C)cc1NC1NC(=O)/C(=C/c2ccccc2OCc2ccc(Br)cc2)S1. The molecule has 2 N–H and O–H groups in total. The van der Waals surface area contributed by atoms with Crippen LogP contribution in [0.2, 0.25) is 0 Å². The molecule has 0 spiro atoms. The molecule has 1 aliphatic rings. The molecule has 3 aromatic carbocycles. The number of hydrogen-bond donors (Lipinski definition) is 2. The fourth-order valence-electron chi connectivity index (χ4n) is 3.26. The lowest BCUT2D eigenvalue weighted by molar-refractivity contribution is -0.116. The van der Waals surface area contributed by atoms with Crippen LogP contribution < -0.4 is 20.1 Å². The van der Waals surface area contributed by atoms with E-state index in [0.717, 1.165) is 38.3 Å². The third-order valence-corrected chi connectivity index (χ3v) is 6.44. The average molecular weight is 511 g/mol. The first-order valence-electron chi connectivity index (χ1n) is 10.1. The van der Waals surface area contributed by atoms with Crippen molar-refractivity contribution in [2.75, 3.05) is 12.4 Å². The Morgan fingerprint density at radius 3 is 2.66 bits per heavy atom. The first kappa shape index (κ1) is 22.3. The summed E-state index contributed by atoms with van der Waals surface area (Å²) >= 11 is 4.88. The average Bonchev–Trinajstić information content (AvgIpc) is 3.13. The molecule has 0 saturated carbocycles. The molecule has 0 radical (unpaired) electrons. The van der Waals surface area contributed by atoms with Crippen molar-refractivity contribution in [2.24, 2.45) is 0 Å². The minimum Gasteiger partial charge on any atom is -0.495 e. The summed E-state index contributed by atoms with van der Waals surface area (Å²) in [6, 6.07) is 21.6.